The molecule has 0 saturated carbocycles. The third-order valence-electron chi connectivity index (χ3n) is 5.69. The molecule has 9 nitrogen and oxygen atoms in total. The first-order valence-corrected chi connectivity index (χ1v) is 12.0. The fourth-order valence-corrected chi connectivity index (χ4v) is 3.92. The summed E-state index contributed by atoms with van der Waals surface area (Å²) in [6, 6.07) is 17.2. The molecule has 194 valence electrons. The van der Waals surface area contributed by atoms with Crippen LogP contribution >= 0.6 is 0 Å². The van der Waals surface area contributed by atoms with Crippen molar-refractivity contribution < 1.29 is 33.7 Å². The summed E-state index contributed by atoms with van der Waals surface area (Å²) in [5.41, 5.74) is 1.80. The van der Waals surface area contributed by atoms with Crippen molar-refractivity contribution in [3.05, 3.63) is 71.8 Å². The number of nitrogens with one attached hydrogen (secondary N) is 2. The van der Waals surface area contributed by atoms with E-state index in [4.69, 9.17) is 19.3 Å². The molecule has 9 heteroatoms. The summed E-state index contributed by atoms with van der Waals surface area (Å²) >= 11 is 0. The third kappa shape index (κ3) is 9.07. The Kier molecular flexibility index (Phi) is 9.98. The van der Waals surface area contributed by atoms with Crippen LogP contribution in [0, 0.1) is 0 Å². The lowest BCUT2D eigenvalue weighted by atomic mass is 10.0. The highest BCUT2D eigenvalue weighted by atomic mass is 16.7. The molecule has 1 aliphatic heterocycles. The molecule has 1 amide bonds. The van der Waals surface area contributed by atoms with E-state index in [9.17, 15) is 14.4 Å². The maximum Gasteiger partial charge on any atom is 0.323 e. The number of carboxylic acids is 1. The van der Waals surface area contributed by atoms with E-state index in [1.165, 1.54) is 0 Å². The van der Waals surface area contributed by atoms with E-state index < -0.39 is 29.8 Å². The molecule has 1 aliphatic rings. The van der Waals surface area contributed by atoms with Crippen molar-refractivity contribution in [1.29, 1.82) is 0 Å². The van der Waals surface area contributed by atoms with Gasteiger partial charge >= 0.3 is 11.9 Å². The molecular formula is C27H34N2O7. The minimum Gasteiger partial charge on any atom is -0.481 e. The fourth-order valence-electron chi connectivity index (χ4n) is 3.92. The molecule has 3 rings (SSSR count). The van der Waals surface area contributed by atoms with Crippen molar-refractivity contribution in [2.24, 2.45) is 0 Å². The lowest BCUT2D eigenvalue weighted by Crippen LogP contribution is -2.53. The van der Waals surface area contributed by atoms with Crippen molar-refractivity contribution in [1.82, 2.24) is 10.6 Å². The second-order valence-electron chi connectivity index (χ2n) is 9.17. The summed E-state index contributed by atoms with van der Waals surface area (Å²) in [7, 11) is 0. The summed E-state index contributed by atoms with van der Waals surface area (Å²) in [6.07, 6.45) is 0.0484. The minimum atomic E-state index is -1.00. The molecule has 3 N–H and O–H groups in total. The molecule has 0 unspecified atom stereocenters. The molecule has 1 fully saturated rings. The van der Waals surface area contributed by atoms with E-state index in [0.29, 0.717) is 19.4 Å². The Labute approximate surface area is 211 Å². The van der Waals surface area contributed by atoms with Crippen LogP contribution in [0.4, 0.5) is 0 Å². The number of aliphatic carboxylic acids is 1. The molecule has 0 aromatic heterocycles. The van der Waals surface area contributed by atoms with Gasteiger partial charge in [-0.3, -0.25) is 19.7 Å². The van der Waals surface area contributed by atoms with E-state index in [0.717, 1.165) is 11.1 Å². The van der Waals surface area contributed by atoms with Crippen molar-refractivity contribution in [3.8, 4) is 0 Å². The summed E-state index contributed by atoms with van der Waals surface area (Å²) in [5.74, 6) is -2.63. The highest BCUT2D eigenvalue weighted by molar-refractivity contribution is 5.84. The largest absolute Gasteiger partial charge is 0.481 e. The standard InChI is InChI=1S/C27H34N2O7/c1-27(2)35-18-21(36-27)17-34-26(33)23(16-20-11-7-4-8-12-20)29-22(15-19-9-5-3-6-10-19)25(32)28-14-13-24(30)31/h3-12,21-23,29H,13-18H2,1-2H3,(H,28,32)(H,30,31)/t21-,22+,23+/m1/s1. The van der Waals surface area contributed by atoms with Crippen LogP contribution in [0.15, 0.2) is 60.7 Å². The predicted octanol–water partition coefficient (Wildman–Crippen LogP) is 2.08. The maximum atomic E-state index is 13.2. The second-order valence-corrected chi connectivity index (χ2v) is 9.17. The van der Waals surface area contributed by atoms with Gasteiger partial charge in [0.2, 0.25) is 5.91 Å². The van der Waals surface area contributed by atoms with Crippen LogP contribution in [-0.4, -0.2) is 66.7 Å². The summed E-state index contributed by atoms with van der Waals surface area (Å²) in [6.45, 7) is 3.93. The molecule has 0 aliphatic carbocycles. The predicted molar refractivity (Wildman–Crippen MR) is 132 cm³/mol. The van der Waals surface area contributed by atoms with Crippen molar-refractivity contribution in [2.75, 3.05) is 19.8 Å². The summed E-state index contributed by atoms with van der Waals surface area (Å²) in [4.78, 5) is 37.1. The van der Waals surface area contributed by atoms with Gasteiger partial charge in [-0.1, -0.05) is 60.7 Å². The molecule has 1 heterocycles. The summed E-state index contributed by atoms with van der Waals surface area (Å²) < 4.78 is 16.8. The lowest BCUT2D eigenvalue weighted by Gasteiger charge is -2.25. The Balaban J connectivity index is 1.73. The fraction of sp³-hybridized carbons (Fsp3) is 0.444. The van der Waals surface area contributed by atoms with Gasteiger partial charge in [0.05, 0.1) is 19.1 Å². The van der Waals surface area contributed by atoms with Gasteiger partial charge in [-0.25, -0.2) is 0 Å². The Morgan fingerprint density at radius 1 is 1.00 bits per heavy atom. The Hall–Kier alpha value is -3.27. The lowest BCUT2D eigenvalue weighted by molar-refractivity contribution is -0.160. The van der Waals surface area contributed by atoms with E-state index in [-0.39, 0.29) is 31.6 Å². The molecular weight excluding hydrogens is 464 g/mol. The maximum absolute atomic E-state index is 13.2. The number of benzene rings is 2. The molecule has 0 bridgehead atoms. The van der Waals surface area contributed by atoms with E-state index >= 15 is 0 Å². The van der Waals surface area contributed by atoms with Gasteiger partial charge in [0.15, 0.2) is 5.79 Å². The molecule has 3 atom stereocenters. The monoisotopic (exact) mass is 498 g/mol. The number of amides is 1. The molecule has 2 aromatic rings. The SMILES string of the molecule is CC1(C)OC[C@@H](COC(=O)[C@H](Cc2ccccc2)N[C@@H](Cc2ccccc2)C(=O)NCCC(=O)O)O1. The van der Waals surface area contributed by atoms with Crippen LogP contribution in [0.25, 0.3) is 0 Å². The first-order chi connectivity index (χ1) is 17.2. The number of carbonyl (C=O) groups excluding carboxylic acids is 2. The highest BCUT2D eigenvalue weighted by Crippen LogP contribution is 2.22. The van der Waals surface area contributed by atoms with Crippen LogP contribution in [0.3, 0.4) is 0 Å². The topological polar surface area (TPSA) is 123 Å². The van der Waals surface area contributed by atoms with E-state index in [1.807, 2.05) is 60.7 Å². The van der Waals surface area contributed by atoms with Crippen LogP contribution < -0.4 is 10.6 Å². The first-order valence-electron chi connectivity index (χ1n) is 12.0. The van der Waals surface area contributed by atoms with Crippen molar-refractivity contribution in [3.63, 3.8) is 0 Å². The van der Waals surface area contributed by atoms with E-state index in [1.54, 1.807) is 13.8 Å². The number of ether oxygens (including phenoxy) is 3. The minimum absolute atomic E-state index is 0.0102. The normalized spacial score (nSPS) is 18.2. The third-order valence-corrected chi connectivity index (χ3v) is 5.69. The Morgan fingerprint density at radius 2 is 1.58 bits per heavy atom. The zero-order valence-electron chi connectivity index (χ0n) is 20.6. The molecule has 36 heavy (non-hydrogen) atoms. The van der Waals surface area contributed by atoms with Gasteiger partial charge in [0.25, 0.3) is 0 Å². The molecule has 0 radical (unpaired) electrons. The van der Waals surface area contributed by atoms with Crippen LogP contribution in [-0.2, 0) is 41.4 Å². The second kappa shape index (κ2) is 13.2. The van der Waals surface area contributed by atoms with E-state index in [2.05, 4.69) is 10.6 Å². The average Bonchev–Trinajstić information content (AvgIpc) is 3.21. The van der Waals surface area contributed by atoms with Gasteiger partial charge in [-0.2, -0.15) is 0 Å². The zero-order valence-corrected chi connectivity index (χ0v) is 20.6. The number of hydrogen-bond donors (Lipinski definition) is 3. The molecule has 2 aromatic carbocycles. The number of carbonyl (C=O) groups is 3. The number of rotatable bonds is 13. The molecule has 1 saturated heterocycles. The van der Waals surface area contributed by atoms with Crippen molar-refractivity contribution in [2.45, 2.75) is 57.1 Å². The average molecular weight is 499 g/mol. The molecule has 0 spiro atoms. The number of carboxylic acid groups (broad SMARTS) is 1. The van der Waals surface area contributed by atoms with Crippen LogP contribution in [0.2, 0.25) is 0 Å². The van der Waals surface area contributed by atoms with Crippen LogP contribution in [0.5, 0.6) is 0 Å². The van der Waals surface area contributed by atoms with Gasteiger partial charge < -0.3 is 24.6 Å². The number of hydrogen-bond acceptors (Lipinski definition) is 7. The van der Waals surface area contributed by atoms with Gasteiger partial charge in [-0.05, 0) is 37.8 Å². The van der Waals surface area contributed by atoms with Crippen LogP contribution in [0.1, 0.15) is 31.4 Å². The van der Waals surface area contributed by atoms with Crippen molar-refractivity contribution >= 4 is 17.8 Å². The Morgan fingerprint density at radius 3 is 2.11 bits per heavy atom. The highest BCUT2D eigenvalue weighted by Gasteiger charge is 2.34. The number of esters is 1. The quantitative estimate of drug-likeness (QED) is 0.359. The van der Waals surface area contributed by atoms with Gasteiger partial charge in [0.1, 0.15) is 18.8 Å². The first kappa shape index (κ1) is 27.3. The van der Waals surface area contributed by atoms with Gasteiger partial charge in [0, 0.05) is 6.54 Å². The summed E-state index contributed by atoms with van der Waals surface area (Å²) in [5, 5.41) is 14.7. The Bertz CT molecular complexity index is 998. The smallest absolute Gasteiger partial charge is 0.323 e. The van der Waals surface area contributed by atoms with Gasteiger partial charge in [-0.15, -0.1) is 0 Å². The zero-order chi connectivity index (χ0) is 26.0.